The predicted octanol–water partition coefficient (Wildman–Crippen LogP) is 4.09. The number of benzene rings is 3. The summed E-state index contributed by atoms with van der Waals surface area (Å²) in [5.74, 6) is 1.16. The van der Waals surface area contributed by atoms with Crippen LogP contribution in [0.15, 0.2) is 65.8 Å². The molecule has 0 spiro atoms. The van der Waals surface area contributed by atoms with E-state index in [2.05, 4.69) is 10.5 Å². The lowest BCUT2D eigenvalue weighted by Gasteiger charge is -2.13. The summed E-state index contributed by atoms with van der Waals surface area (Å²) >= 11 is 0. The highest BCUT2D eigenvalue weighted by Crippen LogP contribution is 2.38. The van der Waals surface area contributed by atoms with Gasteiger partial charge in [-0.05, 0) is 73.2 Å². The molecule has 9 nitrogen and oxygen atoms in total. The number of amides is 1. The molecule has 0 heterocycles. The number of hydrazone groups is 1. The molecule has 35 heavy (non-hydrogen) atoms. The first-order valence-electron chi connectivity index (χ1n) is 10.7. The zero-order valence-electron chi connectivity index (χ0n) is 19.9. The Morgan fingerprint density at radius 2 is 1.43 bits per heavy atom. The minimum absolute atomic E-state index is 0.238. The van der Waals surface area contributed by atoms with Crippen molar-refractivity contribution in [2.75, 3.05) is 27.9 Å². The number of carbonyl (C=O) groups is 2. The first-order valence-corrected chi connectivity index (χ1v) is 10.7. The molecule has 0 saturated carbocycles. The van der Waals surface area contributed by atoms with Gasteiger partial charge in [0.1, 0.15) is 11.5 Å². The summed E-state index contributed by atoms with van der Waals surface area (Å²) < 4.78 is 26.6. The largest absolute Gasteiger partial charge is 0.494 e. The molecule has 3 aromatic carbocycles. The molecule has 182 valence electrons. The number of hydrogen-bond donors (Lipinski definition) is 1. The highest BCUT2D eigenvalue weighted by atomic mass is 16.5. The average molecular weight is 479 g/mol. The average Bonchev–Trinajstić information content (AvgIpc) is 2.89. The van der Waals surface area contributed by atoms with Gasteiger partial charge in [0.15, 0.2) is 11.5 Å². The van der Waals surface area contributed by atoms with Crippen LogP contribution in [0.3, 0.4) is 0 Å². The van der Waals surface area contributed by atoms with Gasteiger partial charge < -0.3 is 23.7 Å². The summed E-state index contributed by atoms with van der Waals surface area (Å²) in [5, 5.41) is 3.97. The van der Waals surface area contributed by atoms with Crippen molar-refractivity contribution in [3.05, 3.63) is 77.4 Å². The number of hydrogen-bond acceptors (Lipinski definition) is 8. The maximum absolute atomic E-state index is 12.6. The Morgan fingerprint density at radius 3 is 1.97 bits per heavy atom. The quantitative estimate of drug-likeness (QED) is 0.202. The summed E-state index contributed by atoms with van der Waals surface area (Å²) in [7, 11) is 4.41. The van der Waals surface area contributed by atoms with Gasteiger partial charge in [0.05, 0.1) is 39.7 Å². The molecule has 0 bridgehead atoms. The van der Waals surface area contributed by atoms with E-state index in [0.717, 1.165) is 0 Å². The Labute approximate surface area is 203 Å². The van der Waals surface area contributed by atoms with Crippen molar-refractivity contribution in [3.63, 3.8) is 0 Å². The van der Waals surface area contributed by atoms with E-state index < -0.39 is 5.97 Å². The zero-order valence-corrected chi connectivity index (χ0v) is 19.9. The first kappa shape index (κ1) is 25.1. The highest BCUT2D eigenvalue weighted by molar-refractivity contribution is 5.95. The van der Waals surface area contributed by atoms with Crippen LogP contribution in [0, 0.1) is 0 Å². The SMILES string of the molecule is CCOc1ccc(C(=O)N/N=C/c2ccc(OC(=O)c3cc(OC)c(OC)c(OC)c3)cc2)cc1. The maximum Gasteiger partial charge on any atom is 0.343 e. The van der Waals surface area contributed by atoms with E-state index in [-0.39, 0.29) is 11.5 Å². The van der Waals surface area contributed by atoms with Crippen LogP contribution in [0.25, 0.3) is 0 Å². The molecule has 0 aliphatic carbocycles. The number of nitrogens with one attached hydrogen (secondary N) is 1. The Bertz CT molecular complexity index is 1160. The highest BCUT2D eigenvalue weighted by Gasteiger charge is 2.18. The lowest BCUT2D eigenvalue weighted by Crippen LogP contribution is -2.17. The molecule has 0 unspecified atom stereocenters. The van der Waals surface area contributed by atoms with Crippen molar-refractivity contribution in [2.45, 2.75) is 6.92 Å². The molecule has 0 atom stereocenters. The molecule has 3 rings (SSSR count). The third-order valence-electron chi connectivity index (χ3n) is 4.80. The van der Waals surface area contributed by atoms with Crippen LogP contribution in [0.5, 0.6) is 28.7 Å². The molecule has 0 aromatic heterocycles. The number of ether oxygens (including phenoxy) is 5. The summed E-state index contributed by atoms with van der Waals surface area (Å²) in [6.45, 7) is 2.44. The van der Waals surface area contributed by atoms with Gasteiger partial charge in [-0.25, -0.2) is 10.2 Å². The molecule has 0 fully saturated rings. The van der Waals surface area contributed by atoms with Crippen molar-refractivity contribution >= 4 is 18.1 Å². The molecule has 0 radical (unpaired) electrons. The van der Waals surface area contributed by atoms with E-state index >= 15 is 0 Å². The minimum atomic E-state index is -0.590. The van der Waals surface area contributed by atoms with E-state index in [1.54, 1.807) is 48.5 Å². The molecule has 0 aliphatic rings. The normalized spacial score (nSPS) is 10.5. The monoisotopic (exact) mass is 478 g/mol. The molecule has 1 N–H and O–H groups in total. The van der Waals surface area contributed by atoms with Crippen molar-refractivity contribution in [1.82, 2.24) is 5.43 Å². The molecule has 3 aromatic rings. The predicted molar refractivity (Wildman–Crippen MR) is 130 cm³/mol. The molecule has 0 aliphatic heterocycles. The van der Waals surface area contributed by atoms with Crippen LogP contribution in [0.2, 0.25) is 0 Å². The smallest absolute Gasteiger partial charge is 0.343 e. The Morgan fingerprint density at radius 1 is 0.829 bits per heavy atom. The van der Waals surface area contributed by atoms with Gasteiger partial charge in [-0.3, -0.25) is 4.79 Å². The Hall–Kier alpha value is -4.53. The fraction of sp³-hybridized carbons (Fsp3) is 0.192. The second-order valence-corrected chi connectivity index (χ2v) is 7.03. The van der Waals surface area contributed by atoms with Crippen molar-refractivity contribution < 1.29 is 33.3 Å². The second kappa shape index (κ2) is 12.1. The molecule has 9 heteroatoms. The summed E-state index contributed by atoms with van der Waals surface area (Å²) in [5.41, 5.74) is 3.86. The number of methoxy groups -OCH3 is 3. The third kappa shape index (κ3) is 6.50. The number of rotatable bonds is 10. The fourth-order valence-electron chi connectivity index (χ4n) is 3.09. The van der Waals surface area contributed by atoms with Crippen LogP contribution < -0.4 is 29.1 Å². The zero-order chi connectivity index (χ0) is 25.2. The Kier molecular flexibility index (Phi) is 8.66. The van der Waals surface area contributed by atoms with Gasteiger partial charge in [-0.2, -0.15) is 5.10 Å². The third-order valence-corrected chi connectivity index (χ3v) is 4.80. The maximum atomic E-state index is 12.6. The van der Waals surface area contributed by atoms with Crippen LogP contribution in [0.4, 0.5) is 0 Å². The van der Waals surface area contributed by atoms with Crippen molar-refractivity contribution in [3.8, 4) is 28.7 Å². The standard InChI is InChI=1S/C26H26N2O7/c1-5-34-20-12-8-18(9-13-20)25(29)28-27-16-17-6-10-21(11-7-17)35-26(30)19-14-22(31-2)24(33-4)23(15-19)32-3/h6-16H,5H2,1-4H3,(H,28,29)/b27-16+. The van der Waals surface area contributed by atoms with Gasteiger partial charge in [-0.15, -0.1) is 0 Å². The topological polar surface area (TPSA) is 105 Å². The van der Waals surface area contributed by atoms with E-state index in [4.69, 9.17) is 23.7 Å². The second-order valence-electron chi connectivity index (χ2n) is 7.03. The number of carbonyl (C=O) groups excluding carboxylic acids is 2. The van der Waals surface area contributed by atoms with Gasteiger partial charge >= 0.3 is 5.97 Å². The van der Waals surface area contributed by atoms with Gasteiger partial charge in [0.2, 0.25) is 5.75 Å². The van der Waals surface area contributed by atoms with Crippen LogP contribution in [0.1, 0.15) is 33.2 Å². The lowest BCUT2D eigenvalue weighted by atomic mass is 10.2. The van der Waals surface area contributed by atoms with E-state index in [1.807, 2.05) is 6.92 Å². The van der Waals surface area contributed by atoms with E-state index in [0.29, 0.717) is 46.5 Å². The van der Waals surface area contributed by atoms with Crippen LogP contribution in [-0.4, -0.2) is 46.0 Å². The molecule has 1 amide bonds. The first-order chi connectivity index (χ1) is 17.0. The number of esters is 1. The molecule has 0 saturated heterocycles. The minimum Gasteiger partial charge on any atom is -0.494 e. The lowest BCUT2D eigenvalue weighted by molar-refractivity contribution is 0.0733. The van der Waals surface area contributed by atoms with Gasteiger partial charge in [0.25, 0.3) is 5.91 Å². The summed E-state index contributed by atoms with van der Waals surface area (Å²) in [6.07, 6.45) is 1.48. The number of nitrogens with zero attached hydrogens (tertiary/aromatic N) is 1. The summed E-state index contributed by atoms with van der Waals surface area (Å²) in [4.78, 5) is 24.8. The van der Waals surface area contributed by atoms with Gasteiger partial charge in [0, 0.05) is 5.56 Å². The molecular formula is C26H26N2O7. The van der Waals surface area contributed by atoms with Crippen LogP contribution >= 0.6 is 0 Å². The molecular weight excluding hydrogens is 452 g/mol. The van der Waals surface area contributed by atoms with E-state index in [9.17, 15) is 9.59 Å². The van der Waals surface area contributed by atoms with E-state index in [1.165, 1.54) is 39.7 Å². The Balaban J connectivity index is 1.60. The fourth-order valence-corrected chi connectivity index (χ4v) is 3.09. The van der Waals surface area contributed by atoms with Gasteiger partial charge in [-0.1, -0.05) is 0 Å². The van der Waals surface area contributed by atoms with Crippen molar-refractivity contribution in [2.24, 2.45) is 5.10 Å². The van der Waals surface area contributed by atoms with Crippen LogP contribution in [-0.2, 0) is 0 Å². The summed E-state index contributed by atoms with van der Waals surface area (Å²) in [6, 6.07) is 16.4. The van der Waals surface area contributed by atoms with Crippen molar-refractivity contribution in [1.29, 1.82) is 0 Å².